The number of amides is 2. The predicted octanol–water partition coefficient (Wildman–Crippen LogP) is 2.66. The van der Waals surface area contributed by atoms with Gasteiger partial charge in [-0.25, -0.2) is 9.18 Å². The van der Waals surface area contributed by atoms with E-state index >= 15 is 0 Å². The first kappa shape index (κ1) is 16.9. The fraction of sp³-hybridized carbons (Fsp3) is 0.278. The largest absolute Gasteiger partial charge is 0.442 e. The highest BCUT2D eigenvalue weighted by atomic mass is 19.1. The molecular weight excluding hydrogens is 325 g/mol. The molecule has 0 saturated carbocycles. The van der Waals surface area contributed by atoms with Crippen molar-refractivity contribution in [3.05, 3.63) is 48.0 Å². The van der Waals surface area contributed by atoms with Crippen LogP contribution >= 0.6 is 0 Å². The van der Waals surface area contributed by atoms with Crippen molar-refractivity contribution in [3.63, 3.8) is 0 Å². The summed E-state index contributed by atoms with van der Waals surface area (Å²) in [5, 5.41) is 2.60. The quantitative estimate of drug-likeness (QED) is 0.926. The Morgan fingerprint density at radius 1 is 1.40 bits per heavy atom. The minimum Gasteiger partial charge on any atom is -0.442 e. The zero-order valence-corrected chi connectivity index (χ0v) is 14.0. The molecule has 1 saturated heterocycles. The molecule has 0 spiro atoms. The van der Waals surface area contributed by atoms with Crippen LogP contribution in [0.1, 0.15) is 12.6 Å². The van der Waals surface area contributed by atoms with Crippen LogP contribution in [0.15, 0.2) is 36.5 Å². The normalized spacial score (nSPS) is 16.7. The monoisotopic (exact) mass is 343 g/mol. The van der Waals surface area contributed by atoms with Crippen LogP contribution in [0.25, 0.3) is 11.1 Å². The highest BCUT2D eigenvalue weighted by molar-refractivity contribution is 5.90. The summed E-state index contributed by atoms with van der Waals surface area (Å²) in [6.07, 6.45) is 0.617. The van der Waals surface area contributed by atoms with Gasteiger partial charge >= 0.3 is 6.09 Å². The molecule has 2 aromatic rings. The summed E-state index contributed by atoms with van der Waals surface area (Å²) in [6.45, 7) is 3.72. The number of benzene rings is 1. The van der Waals surface area contributed by atoms with E-state index in [-0.39, 0.29) is 19.0 Å². The van der Waals surface area contributed by atoms with Gasteiger partial charge in [-0.2, -0.15) is 0 Å². The Morgan fingerprint density at radius 3 is 2.88 bits per heavy atom. The molecule has 1 aliphatic rings. The van der Waals surface area contributed by atoms with Gasteiger partial charge in [-0.1, -0.05) is 0 Å². The first-order chi connectivity index (χ1) is 11.9. The number of carbonyl (C=O) groups is 2. The fourth-order valence-electron chi connectivity index (χ4n) is 2.72. The SMILES string of the molecule is CC(=O)NC[C@H]1CN(c2ccc(-c3ccnc(C)c3)c(F)c2)C(=O)O1. The first-order valence-electron chi connectivity index (χ1n) is 7.89. The van der Waals surface area contributed by atoms with Crippen LogP contribution in [0, 0.1) is 12.7 Å². The number of hydrogen-bond acceptors (Lipinski definition) is 4. The van der Waals surface area contributed by atoms with Gasteiger partial charge in [0.1, 0.15) is 11.9 Å². The lowest BCUT2D eigenvalue weighted by atomic mass is 10.0. The van der Waals surface area contributed by atoms with Gasteiger partial charge in [0, 0.05) is 24.4 Å². The summed E-state index contributed by atoms with van der Waals surface area (Å²) in [4.78, 5) is 28.4. The van der Waals surface area contributed by atoms with Crippen molar-refractivity contribution in [2.24, 2.45) is 0 Å². The number of halogens is 1. The van der Waals surface area contributed by atoms with Crippen molar-refractivity contribution in [3.8, 4) is 11.1 Å². The molecule has 7 heteroatoms. The smallest absolute Gasteiger partial charge is 0.414 e. The summed E-state index contributed by atoms with van der Waals surface area (Å²) >= 11 is 0. The van der Waals surface area contributed by atoms with Crippen LogP contribution < -0.4 is 10.2 Å². The van der Waals surface area contributed by atoms with Gasteiger partial charge < -0.3 is 10.1 Å². The Balaban J connectivity index is 1.79. The van der Waals surface area contributed by atoms with Crippen molar-refractivity contribution in [1.29, 1.82) is 0 Å². The average Bonchev–Trinajstić information content (AvgIpc) is 2.94. The van der Waals surface area contributed by atoms with E-state index in [1.807, 2.05) is 6.92 Å². The maximum atomic E-state index is 14.5. The maximum Gasteiger partial charge on any atom is 0.414 e. The summed E-state index contributed by atoms with van der Waals surface area (Å²) in [5.41, 5.74) is 2.38. The molecular formula is C18H18FN3O3. The van der Waals surface area contributed by atoms with E-state index in [2.05, 4.69) is 10.3 Å². The number of ether oxygens (including phenoxy) is 1. The van der Waals surface area contributed by atoms with Crippen molar-refractivity contribution in [1.82, 2.24) is 10.3 Å². The number of aromatic nitrogens is 1. The van der Waals surface area contributed by atoms with Crippen LogP contribution in [0.2, 0.25) is 0 Å². The Hall–Kier alpha value is -2.96. The third-order valence-electron chi connectivity index (χ3n) is 3.92. The lowest BCUT2D eigenvalue weighted by molar-refractivity contribution is -0.119. The summed E-state index contributed by atoms with van der Waals surface area (Å²) < 4.78 is 19.7. The molecule has 3 rings (SSSR count). The van der Waals surface area contributed by atoms with Crippen LogP contribution in [0.5, 0.6) is 0 Å². The average molecular weight is 343 g/mol. The molecule has 2 heterocycles. The fourth-order valence-corrected chi connectivity index (χ4v) is 2.72. The second-order valence-electron chi connectivity index (χ2n) is 5.90. The van der Waals surface area contributed by atoms with Crippen molar-refractivity contribution >= 4 is 17.7 Å². The molecule has 6 nitrogen and oxygen atoms in total. The van der Waals surface area contributed by atoms with E-state index in [0.717, 1.165) is 11.3 Å². The van der Waals surface area contributed by atoms with E-state index in [4.69, 9.17) is 4.74 Å². The van der Waals surface area contributed by atoms with Crippen LogP contribution in [0.3, 0.4) is 0 Å². The van der Waals surface area contributed by atoms with Crippen molar-refractivity contribution in [2.75, 3.05) is 18.0 Å². The number of rotatable bonds is 4. The number of anilines is 1. The first-order valence-corrected chi connectivity index (χ1v) is 7.89. The number of nitrogens with zero attached hydrogens (tertiary/aromatic N) is 2. The molecule has 1 aliphatic heterocycles. The highest BCUT2D eigenvalue weighted by Gasteiger charge is 2.32. The zero-order chi connectivity index (χ0) is 18.0. The van der Waals surface area contributed by atoms with Gasteiger partial charge in [0.2, 0.25) is 5.91 Å². The molecule has 0 unspecified atom stereocenters. The summed E-state index contributed by atoms with van der Waals surface area (Å²) in [6, 6.07) is 8.15. The van der Waals surface area contributed by atoms with Crippen LogP contribution in [0.4, 0.5) is 14.9 Å². The number of hydrogen-bond donors (Lipinski definition) is 1. The van der Waals surface area contributed by atoms with E-state index in [9.17, 15) is 14.0 Å². The van der Waals surface area contributed by atoms with E-state index in [1.165, 1.54) is 17.9 Å². The van der Waals surface area contributed by atoms with Gasteiger partial charge in [-0.3, -0.25) is 14.7 Å². The zero-order valence-electron chi connectivity index (χ0n) is 14.0. The van der Waals surface area contributed by atoms with Gasteiger partial charge in [0.25, 0.3) is 0 Å². The van der Waals surface area contributed by atoms with Crippen LogP contribution in [-0.2, 0) is 9.53 Å². The minimum absolute atomic E-state index is 0.197. The Kier molecular flexibility index (Phi) is 4.65. The second-order valence-corrected chi connectivity index (χ2v) is 5.90. The van der Waals surface area contributed by atoms with Crippen molar-refractivity contribution < 1.29 is 18.7 Å². The molecule has 0 aliphatic carbocycles. The van der Waals surface area contributed by atoms with Gasteiger partial charge in [0.15, 0.2) is 0 Å². The molecule has 1 fully saturated rings. The summed E-state index contributed by atoms with van der Waals surface area (Å²) in [5.74, 6) is -0.626. The topological polar surface area (TPSA) is 71.5 Å². The van der Waals surface area contributed by atoms with Crippen LogP contribution in [-0.4, -0.2) is 36.2 Å². The predicted molar refractivity (Wildman–Crippen MR) is 90.7 cm³/mol. The molecule has 25 heavy (non-hydrogen) atoms. The standard InChI is InChI=1S/C18H18FN3O3/c1-11-7-13(5-6-20-11)16-4-3-14(8-17(16)19)22-10-15(25-18(22)24)9-21-12(2)23/h3-8,15H,9-10H2,1-2H3,(H,21,23)/t15-/m0/s1. The number of pyridine rings is 1. The van der Waals surface area contributed by atoms with Gasteiger partial charge in [0.05, 0.1) is 18.8 Å². The van der Waals surface area contributed by atoms with Gasteiger partial charge in [-0.05, 0) is 42.8 Å². The second kappa shape index (κ2) is 6.88. The van der Waals surface area contributed by atoms with E-state index < -0.39 is 18.0 Å². The third kappa shape index (κ3) is 3.76. The van der Waals surface area contributed by atoms with E-state index in [0.29, 0.717) is 11.3 Å². The number of nitrogens with one attached hydrogen (secondary N) is 1. The number of carbonyl (C=O) groups excluding carboxylic acids is 2. The Labute approximate surface area is 144 Å². The van der Waals surface area contributed by atoms with Crippen molar-refractivity contribution in [2.45, 2.75) is 20.0 Å². The highest BCUT2D eigenvalue weighted by Crippen LogP contribution is 2.29. The minimum atomic E-state index is -0.553. The molecule has 1 aromatic carbocycles. The molecule has 1 atom stereocenters. The molecule has 2 amide bonds. The number of cyclic esters (lactones) is 1. The lowest BCUT2D eigenvalue weighted by Crippen LogP contribution is -2.33. The lowest BCUT2D eigenvalue weighted by Gasteiger charge is -2.14. The third-order valence-corrected chi connectivity index (χ3v) is 3.92. The molecule has 0 radical (unpaired) electrons. The van der Waals surface area contributed by atoms with E-state index in [1.54, 1.807) is 30.5 Å². The number of aryl methyl sites for hydroxylation is 1. The maximum absolute atomic E-state index is 14.5. The van der Waals surface area contributed by atoms with Gasteiger partial charge in [-0.15, -0.1) is 0 Å². The Bertz CT molecular complexity index is 825. The molecule has 1 aromatic heterocycles. The molecule has 0 bridgehead atoms. The Morgan fingerprint density at radius 2 is 2.20 bits per heavy atom. The molecule has 130 valence electrons. The summed E-state index contributed by atoms with van der Waals surface area (Å²) in [7, 11) is 0. The molecule has 1 N–H and O–H groups in total.